The highest BCUT2D eigenvalue weighted by Gasteiger charge is 2.35. The topological polar surface area (TPSA) is 69.0 Å². The number of nitrogens with zero attached hydrogens (tertiary/aromatic N) is 3. The fraction of sp³-hybridized carbons (Fsp3) is 0.312. The van der Waals surface area contributed by atoms with Crippen molar-refractivity contribution in [3.63, 3.8) is 0 Å². The van der Waals surface area contributed by atoms with Gasteiger partial charge in [-0.1, -0.05) is 23.5 Å². The predicted octanol–water partition coefficient (Wildman–Crippen LogP) is 3.08. The number of benzene rings is 1. The second-order valence-corrected chi connectivity index (χ2v) is 6.49. The van der Waals surface area contributed by atoms with Crippen molar-refractivity contribution >= 4 is 22.4 Å². The molecule has 1 amide bonds. The van der Waals surface area contributed by atoms with Gasteiger partial charge in [-0.25, -0.2) is 9.37 Å². The van der Waals surface area contributed by atoms with Crippen LogP contribution in [0.3, 0.4) is 0 Å². The van der Waals surface area contributed by atoms with Crippen LogP contribution in [0.15, 0.2) is 30.5 Å². The average Bonchev–Trinajstić information content (AvgIpc) is 3.14. The van der Waals surface area contributed by atoms with Crippen LogP contribution in [0.2, 0.25) is 0 Å². The maximum Gasteiger partial charge on any atom is 0.231 e. The number of anilines is 1. The molecule has 1 N–H and O–H groups in total. The third-order valence-electron chi connectivity index (χ3n) is 4.08. The minimum atomic E-state index is -0.288. The lowest BCUT2D eigenvalue weighted by molar-refractivity contribution is -0.120. The highest BCUT2D eigenvalue weighted by Crippen LogP contribution is 2.30. The predicted molar refractivity (Wildman–Crippen MR) is 86.0 cm³/mol. The van der Waals surface area contributed by atoms with Gasteiger partial charge in [-0.3, -0.25) is 4.79 Å². The van der Waals surface area contributed by atoms with Crippen LogP contribution in [0.1, 0.15) is 13.3 Å². The van der Waals surface area contributed by atoms with Gasteiger partial charge in [0.2, 0.25) is 5.91 Å². The van der Waals surface area contributed by atoms with Gasteiger partial charge in [0.15, 0.2) is 11.3 Å². The fourth-order valence-electron chi connectivity index (χ4n) is 2.71. The Morgan fingerprint density at radius 2 is 2.22 bits per heavy atom. The van der Waals surface area contributed by atoms with Crippen molar-refractivity contribution in [3.05, 3.63) is 36.3 Å². The zero-order valence-electron chi connectivity index (χ0n) is 12.5. The van der Waals surface area contributed by atoms with Gasteiger partial charge in [-0.15, -0.1) is 0 Å². The van der Waals surface area contributed by atoms with Gasteiger partial charge in [0.05, 0.1) is 10.8 Å². The number of thiazole rings is 1. The standard InChI is InChI=1S/C16H15FN4OS/c1-10-13(6-7-21(10)9-18)15(22)20-16-19-8-14(23-16)11-2-4-12(17)5-3-11/h2-5,8,10,13H,6-7H2,1H3,(H,19,20,22)/t10-,13?/m0/s1. The van der Waals surface area contributed by atoms with E-state index in [2.05, 4.69) is 16.5 Å². The van der Waals surface area contributed by atoms with Crippen molar-refractivity contribution in [2.24, 2.45) is 5.92 Å². The van der Waals surface area contributed by atoms with E-state index in [1.54, 1.807) is 23.2 Å². The van der Waals surface area contributed by atoms with Gasteiger partial charge >= 0.3 is 0 Å². The van der Waals surface area contributed by atoms with Gasteiger partial charge in [0, 0.05) is 18.8 Å². The lowest BCUT2D eigenvalue weighted by Gasteiger charge is -2.18. The molecule has 7 heteroatoms. The number of likely N-dealkylation sites (tertiary alicyclic amines) is 1. The summed E-state index contributed by atoms with van der Waals surface area (Å²) in [5.74, 6) is -0.618. The molecule has 0 saturated carbocycles. The van der Waals surface area contributed by atoms with Crippen molar-refractivity contribution in [2.45, 2.75) is 19.4 Å². The van der Waals surface area contributed by atoms with Crippen molar-refractivity contribution in [2.75, 3.05) is 11.9 Å². The second kappa shape index (κ2) is 6.34. The highest BCUT2D eigenvalue weighted by molar-refractivity contribution is 7.19. The third kappa shape index (κ3) is 3.17. The van der Waals surface area contributed by atoms with Gasteiger partial charge in [0.25, 0.3) is 0 Å². The van der Waals surface area contributed by atoms with E-state index in [1.807, 2.05) is 6.92 Å². The largest absolute Gasteiger partial charge is 0.307 e. The van der Waals surface area contributed by atoms with Crippen LogP contribution in [0.4, 0.5) is 9.52 Å². The number of aromatic nitrogens is 1. The molecule has 1 aliphatic rings. The molecule has 1 aliphatic heterocycles. The monoisotopic (exact) mass is 330 g/mol. The zero-order valence-corrected chi connectivity index (χ0v) is 13.3. The number of halogens is 1. The number of amides is 1. The molecule has 5 nitrogen and oxygen atoms in total. The Labute approximate surface area is 137 Å². The van der Waals surface area contributed by atoms with Crippen LogP contribution < -0.4 is 5.32 Å². The maximum absolute atomic E-state index is 13.0. The van der Waals surface area contributed by atoms with Crippen LogP contribution in [-0.2, 0) is 4.79 Å². The Balaban J connectivity index is 1.69. The molecule has 118 valence electrons. The van der Waals surface area contributed by atoms with E-state index in [-0.39, 0.29) is 23.7 Å². The number of hydrogen-bond acceptors (Lipinski definition) is 5. The summed E-state index contributed by atoms with van der Waals surface area (Å²) in [5.41, 5.74) is 0.856. The molecule has 3 rings (SSSR count). The van der Waals surface area contributed by atoms with Crippen molar-refractivity contribution in [3.8, 4) is 16.6 Å². The highest BCUT2D eigenvalue weighted by atomic mass is 32.1. The molecule has 2 heterocycles. The molecular formula is C16H15FN4OS. The Kier molecular flexibility index (Phi) is 4.26. The summed E-state index contributed by atoms with van der Waals surface area (Å²) in [6.45, 7) is 2.49. The number of rotatable bonds is 3. The summed E-state index contributed by atoms with van der Waals surface area (Å²) < 4.78 is 13.0. The summed E-state index contributed by atoms with van der Waals surface area (Å²) in [7, 11) is 0. The maximum atomic E-state index is 13.0. The SMILES string of the molecule is C[C@H]1C(C(=O)Nc2ncc(-c3ccc(F)cc3)s2)CCN1C#N. The van der Waals surface area contributed by atoms with Crippen LogP contribution in [0.25, 0.3) is 10.4 Å². The molecule has 2 aromatic rings. The first-order valence-electron chi connectivity index (χ1n) is 7.27. The molecule has 0 radical (unpaired) electrons. The first-order chi connectivity index (χ1) is 11.1. The van der Waals surface area contributed by atoms with Crippen molar-refractivity contribution in [1.29, 1.82) is 5.26 Å². The van der Waals surface area contributed by atoms with E-state index >= 15 is 0 Å². The van der Waals surface area contributed by atoms with E-state index in [1.165, 1.54) is 23.5 Å². The van der Waals surface area contributed by atoms with Crippen LogP contribution in [0, 0.1) is 23.2 Å². The van der Waals surface area contributed by atoms with E-state index in [9.17, 15) is 9.18 Å². The normalized spacial score (nSPS) is 20.3. The van der Waals surface area contributed by atoms with Crippen molar-refractivity contribution < 1.29 is 9.18 Å². The number of nitriles is 1. The minimum absolute atomic E-state index is 0.100. The number of carbonyl (C=O) groups is 1. The first kappa shape index (κ1) is 15.4. The molecular weight excluding hydrogens is 315 g/mol. The Hall–Kier alpha value is -2.46. The molecule has 1 fully saturated rings. The molecule has 23 heavy (non-hydrogen) atoms. The molecule has 1 unspecified atom stereocenters. The Morgan fingerprint density at radius 3 is 2.87 bits per heavy atom. The van der Waals surface area contributed by atoms with E-state index in [0.29, 0.717) is 18.1 Å². The molecule has 1 aromatic carbocycles. The third-order valence-corrected chi connectivity index (χ3v) is 5.05. The summed E-state index contributed by atoms with van der Waals surface area (Å²) in [5, 5.41) is 12.3. The Bertz CT molecular complexity index is 752. The van der Waals surface area contributed by atoms with Crippen LogP contribution >= 0.6 is 11.3 Å². The lowest BCUT2D eigenvalue weighted by Crippen LogP contribution is -2.32. The van der Waals surface area contributed by atoms with Gasteiger partial charge in [0.1, 0.15) is 5.82 Å². The number of hydrogen-bond donors (Lipinski definition) is 1. The first-order valence-corrected chi connectivity index (χ1v) is 8.09. The summed E-state index contributed by atoms with van der Waals surface area (Å²) in [6, 6.07) is 6.04. The summed E-state index contributed by atoms with van der Waals surface area (Å²) >= 11 is 1.34. The van der Waals surface area contributed by atoms with Crippen molar-refractivity contribution in [1.82, 2.24) is 9.88 Å². The van der Waals surface area contributed by atoms with Gasteiger partial charge in [-0.05, 0) is 31.0 Å². The molecule has 2 atom stereocenters. The van der Waals surface area contributed by atoms with E-state index in [0.717, 1.165) is 10.4 Å². The number of nitrogens with one attached hydrogen (secondary N) is 1. The summed E-state index contributed by atoms with van der Waals surface area (Å²) in [4.78, 5) is 19.0. The van der Waals surface area contributed by atoms with E-state index in [4.69, 9.17) is 5.26 Å². The van der Waals surface area contributed by atoms with Crippen LogP contribution in [-0.4, -0.2) is 28.4 Å². The molecule has 1 saturated heterocycles. The van der Waals surface area contributed by atoms with Gasteiger partial charge in [-0.2, -0.15) is 5.26 Å². The Morgan fingerprint density at radius 1 is 1.48 bits per heavy atom. The second-order valence-electron chi connectivity index (χ2n) is 5.45. The smallest absolute Gasteiger partial charge is 0.231 e. The summed E-state index contributed by atoms with van der Waals surface area (Å²) in [6.07, 6.45) is 4.43. The lowest BCUT2D eigenvalue weighted by atomic mass is 10.0. The average molecular weight is 330 g/mol. The number of carbonyl (C=O) groups excluding carboxylic acids is 1. The zero-order chi connectivity index (χ0) is 16.4. The minimum Gasteiger partial charge on any atom is -0.307 e. The molecule has 1 aromatic heterocycles. The van der Waals surface area contributed by atoms with Gasteiger partial charge < -0.3 is 10.2 Å². The van der Waals surface area contributed by atoms with Crippen LogP contribution in [0.5, 0.6) is 0 Å². The molecule has 0 aliphatic carbocycles. The van der Waals surface area contributed by atoms with E-state index < -0.39 is 0 Å². The molecule has 0 spiro atoms. The molecule has 0 bridgehead atoms. The quantitative estimate of drug-likeness (QED) is 0.878. The fourth-order valence-corrected chi connectivity index (χ4v) is 3.53.